The van der Waals surface area contributed by atoms with Gasteiger partial charge >= 0.3 is 5.97 Å². The minimum Gasteiger partial charge on any atom is -0.455 e. The fourth-order valence-corrected chi connectivity index (χ4v) is 7.37. The molecule has 6 heteroatoms. The summed E-state index contributed by atoms with van der Waals surface area (Å²) < 4.78 is 5.65. The fraction of sp³-hybridized carbons (Fsp3) is 0.591. The van der Waals surface area contributed by atoms with Crippen LogP contribution in [0.25, 0.3) is 0 Å². The number of esters is 1. The summed E-state index contributed by atoms with van der Waals surface area (Å²) >= 11 is 3.91. The number of para-hydroxylation sites is 1. The highest BCUT2D eigenvalue weighted by molar-refractivity contribution is 9.10. The lowest BCUT2D eigenvalue weighted by molar-refractivity contribution is -0.171. The monoisotopic (exact) mass is 444 g/mol. The van der Waals surface area contributed by atoms with Crippen LogP contribution in [0.1, 0.15) is 44.9 Å². The van der Waals surface area contributed by atoms with Crippen LogP contribution in [0.2, 0.25) is 0 Å². The van der Waals surface area contributed by atoms with Crippen LogP contribution >= 0.6 is 15.9 Å². The average molecular weight is 445 g/mol. The number of hydrogen-bond donors (Lipinski definition) is 0. The van der Waals surface area contributed by atoms with Crippen molar-refractivity contribution in [3.8, 4) is 6.07 Å². The molecule has 0 aromatic heterocycles. The van der Waals surface area contributed by atoms with Crippen molar-refractivity contribution in [2.75, 3.05) is 18.1 Å². The van der Waals surface area contributed by atoms with Crippen molar-refractivity contribution in [3.05, 3.63) is 30.3 Å². The van der Waals surface area contributed by atoms with Gasteiger partial charge in [0.15, 0.2) is 6.61 Å². The third kappa shape index (κ3) is 3.69. The second-order valence-corrected chi connectivity index (χ2v) is 10.4. The normalized spacial score (nSPS) is 32.6. The van der Waals surface area contributed by atoms with Crippen LogP contribution in [-0.2, 0) is 14.3 Å². The predicted molar refractivity (Wildman–Crippen MR) is 109 cm³/mol. The van der Waals surface area contributed by atoms with Crippen molar-refractivity contribution in [3.63, 3.8) is 0 Å². The fourth-order valence-electron chi connectivity index (χ4n) is 5.92. The third-order valence-electron chi connectivity index (χ3n) is 6.57. The Balaban J connectivity index is 1.42. The Morgan fingerprint density at radius 1 is 1.18 bits per heavy atom. The third-order valence-corrected chi connectivity index (χ3v) is 7.49. The first kappa shape index (κ1) is 19.4. The van der Waals surface area contributed by atoms with Gasteiger partial charge in [-0.3, -0.25) is 9.59 Å². The summed E-state index contributed by atoms with van der Waals surface area (Å²) in [6.45, 7) is 0.0161. The van der Waals surface area contributed by atoms with Crippen LogP contribution < -0.4 is 4.90 Å². The van der Waals surface area contributed by atoms with Crippen LogP contribution in [0.4, 0.5) is 5.69 Å². The number of nitriles is 1. The van der Waals surface area contributed by atoms with Crippen LogP contribution in [0, 0.1) is 28.6 Å². The molecule has 0 heterocycles. The van der Waals surface area contributed by atoms with Crippen molar-refractivity contribution in [1.29, 1.82) is 5.26 Å². The zero-order valence-electron chi connectivity index (χ0n) is 15.9. The number of benzene rings is 1. The van der Waals surface area contributed by atoms with E-state index in [1.54, 1.807) is 0 Å². The predicted octanol–water partition coefficient (Wildman–Crippen LogP) is 4.21. The largest absolute Gasteiger partial charge is 0.455 e. The van der Waals surface area contributed by atoms with Crippen molar-refractivity contribution in [2.45, 2.75) is 49.3 Å². The molecule has 0 saturated heterocycles. The SMILES string of the molecule is N#CCCN(C(=O)COC(=O)C12C[C@@H]3C[C@H](CC(Br)(C3)C1)C2)c1ccccc1. The second kappa shape index (κ2) is 7.51. The Morgan fingerprint density at radius 3 is 2.46 bits per heavy atom. The van der Waals surface area contributed by atoms with E-state index in [1.165, 1.54) is 11.3 Å². The van der Waals surface area contributed by atoms with Gasteiger partial charge in [0, 0.05) is 16.6 Å². The van der Waals surface area contributed by atoms with Crippen molar-refractivity contribution in [2.24, 2.45) is 17.3 Å². The molecule has 4 bridgehead atoms. The Bertz CT molecular complexity index is 790. The molecule has 0 unspecified atom stereocenters. The summed E-state index contributed by atoms with van der Waals surface area (Å²) in [4.78, 5) is 27.4. The lowest BCUT2D eigenvalue weighted by atomic mass is 9.49. The number of nitrogens with zero attached hydrogens (tertiary/aromatic N) is 2. The van der Waals surface area contributed by atoms with Crippen molar-refractivity contribution < 1.29 is 14.3 Å². The van der Waals surface area contributed by atoms with Crippen LogP contribution in [0.5, 0.6) is 0 Å². The molecule has 2 atom stereocenters. The Morgan fingerprint density at radius 2 is 1.86 bits per heavy atom. The second-order valence-electron chi connectivity index (χ2n) is 8.76. The van der Waals surface area contributed by atoms with Gasteiger partial charge in [-0.25, -0.2) is 0 Å². The molecule has 148 valence electrons. The number of ether oxygens (including phenoxy) is 1. The van der Waals surface area contributed by atoms with Crippen LogP contribution in [-0.4, -0.2) is 29.4 Å². The molecule has 28 heavy (non-hydrogen) atoms. The molecule has 5 rings (SSSR count). The molecule has 4 aliphatic rings. The Hall–Kier alpha value is -1.87. The van der Waals surface area contributed by atoms with Gasteiger partial charge in [0.25, 0.3) is 5.91 Å². The number of rotatable bonds is 6. The van der Waals surface area contributed by atoms with E-state index in [2.05, 4.69) is 22.0 Å². The maximum absolute atomic E-state index is 13.1. The van der Waals surface area contributed by atoms with E-state index in [0.29, 0.717) is 17.5 Å². The molecular formula is C22H25BrN2O3. The smallest absolute Gasteiger partial charge is 0.312 e. The lowest BCUT2D eigenvalue weighted by Crippen LogP contribution is -2.56. The molecule has 0 spiro atoms. The molecule has 4 aliphatic carbocycles. The highest BCUT2D eigenvalue weighted by Gasteiger charge is 2.60. The highest BCUT2D eigenvalue weighted by atomic mass is 79.9. The topological polar surface area (TPSA) is 70.4 Å². The molecule has 1 amide bonds. The van der Waals surface area contributed by atoms with Crippen molar-refractivity contribution >= 4 is 33.5 Å². The van der Waals surface area contributed by atoms with Gasteiger partial charge in [-0.15, -0.1) is 0 Å². The zero-order chi connectivity index (χ0) is 19.8. The molecular weight excluding hydrogens is 420 g/mol. The Kier molecular flexibility index (Phi) is 5.22. The van der Waals surface area contributed by atoms with Crippen molar-refractivity contribution in [1.82, 2.24) is 0 Å². The molecule has 0 N–H and O–H groups in total. The van der Waals surface area contributed by atoms with Crippen LogP contribution in [0.15, 0.2) is 30.3 Å². The number of amides is 1. The number of carbonyl (C=O) groups excluding carboxylic acids is 2. The molecule has 5 nitrogen and oxygen atoms in total. The van der Waals surface area contributed by atoms with Gasteiger partial charge < -0.3 is 9.64 Å². The quantitative estimate of drug-likeness (QED) is 0.486. The summed E-state index contributed by atoms with van der Waals surface area (Å²) in [5, 5.41) is 8.90. The first-order valence-electron chi connectivity index (χ1n) is 10.0. The maximum Gasteiger partial charge on any atom is 0.312 e. The maximum atomic E-state index is 13.1. The highest BCUT2D eigenvalue weighted by Crippen LogP contribution is 2.64. The summed E-state index contributed by atoms with van der Waals surface area (Å²) in [5.41, 5.74) is 0.283. The van der Waals surface area contributed by atoms with Gasteiger partial charge in [0.2, 0.25) is 0 Å². The molecule has 4 fully saturated rings. The van der Waals surface area contributed by atoms with E-state index in [1.807, 2.05) is 30.3 Å². The van der Waals surface area contributed by atoms with E-state index in [-0.39, 0.29) is 35.8 Å². The summed E-state index contributed by atoms with van der Waals surface area (Å²) in [6, 6.07) is 11.3. The van der Waals surface area contributed by atoms with Gasteiger partial charge in [0.1, 0.15) is 0 Å². The van der Waals surface area contributed by atoms with Gasteiger partial charge in [0.05, 0.1) is 17.9 Å². The number of anilines is 1. The minimum atomic E-state index is -0.432. The number of alkyl halides is 1. The molecule has 1 aromatic rings. The average Bonchev–Trinajstić information content (AvgIpc) is 2.65. The van der Waals surface area contributed by atoms with E-state index in [9.17, 15) is 9.59 Å². The lowest BCUT2D eigenvalue weighted by Gasteiger charge is -2.58. The number of hydrogen-bond acceptors (Lipinski definition) is 4. The van der Waals surface area contributed by atoms with E-state index in [4.69, 9.17) is 10.00 Å². The summed E-state index contributed by atoms with van der Waals surface area (Å²) in [5.74, 6) is 0.667. The molecule has 1 aromatic carbocycles. The van der Waals surface area contributed by atoms with Gasteiger partial charge in [-0.05, 0) is 62.5 Å². The van der Waals surface area contributed by atoms with E-state index in [0.717, 1.165) is 32.1 Å². The van der Waals surface area contributed by atoms with E-state index >= 15 is 0 Å². The Labute approximate surface area is 174 Å². The minimum absolute atomic E-state index is 0.0724. The van der Waals surface area contributed by atoms with Crippen LogP contribution in [0.3, 0.4) is 0 Å². The number of halogens is 1. The first-order valence-corrected chi connectivity index (χ1v) is 10.8. The summed E-state index contributed by atoms with van der Waals surface area (Å²) in [7, 11) is 0. The van der Waals surface area contributed by atoms with Gasteiger partial charge in [-0.2, -0.15) is 5.26 Å². The molecule has 4 saturated carbocycles. The number of carbonyl (C=O) groups is 2. The standard InChI is InChI=1S/C22H25BrN2O3/c23-22-12-16-9-17(13-22)11-21(10-16,15-22)20(27)28-14-19(26)25(8-4-7-24)18-5-2-1-3-6-18/h1-3,5-6,16-17H,4,8-15H2/t16-,17-,21?,22?/m0/s1. The molecule has 0 aliphatic heterocycles. The van der Waals surface area contributed by atoms with Gasteiger partial charge in [-0.1, -0.05) is 34.1 Å². The molecule has 0 radical (unpaired) electrons. The first-order chi connectivity index (χ1) is 13.4. The zero-order valence-corrected chi connectivity index (χ0v) is 17.5. The summed E-state index contributed by atoms with van der Waals surface area (Å²) in [6.07, 6.45) is 6.34. The van der Waals surface area contributed by atoms with E-state index < -0.39 is 5.41 Å².